The van der Waals surface area contributed by atoms with E-state index >= 15 is 0 Å². The van der Waals surface area contributed by atoms with Crippen LogP contribution in [0.25, 0.3) is 0 Å². The van der Waals surface area contributed by atoms with Crippen LogP contribution in [0.4, 0.5) is 5.69 Å². The average molecular weight is 405 g/mol. The Bertz CT molecular complexity index is 896. The van der Waals surface area contributed by atoms with Crippen LogP contribution in [0.2, 0.25) is 0 Å². The molecule has 0 spiro atoms. The van der Waals surface area contributed by atoms with Crippen molar-refractivity contribution in [3.8, 4) is 0 Å². The average Bonchev–Trinajstić information content (AvgIpc) is 2.36. The molecule has 9 heteroatoms. The van der Waals surface area contributed by atoms with Crippen LogP contribution in [0.1, 0.15) is 5.56 Å². The number of hydrogen-bond donors (Lipinski definition) is 2. The Labute approximate surface area is 137 Å². The molecule has 118 valence electrons. The van der Waals surface area contributed by atoms with E-state index in [4.69, 9.17) is 5.14 Å². The summed E-state index contributed by atoms with van der Waals surface area (Å²) in [5.74, 6) is -0.362. The summed E-state index contributed by atoms with van der Waals surface area (Å²) >= 11 is 3.21. The van der Waals surface area contributed by atoms with Crippen LogP contribution in [-0.4, -0.2) is 16.8 Å². The molecule has 0 aliphatic rings. The number of sulfonamides is 2. The van der Waals surface area contributed by atoms with Crippen LogP contribution in [0, 0.1) is 0 Å². The first-order valence-corrected chi connectivity index (χ1v) is 10.0. The fourth-order valence-electron chi connectivity index (χ4n) is 1.81. The topological polar surface area (TPSA) is 106 Å². The highest BCUT2D eigenvalue weighted by Crippen LogP contribution is 2.20. The van der Waals surface area contributed by atoms with Crippen molar-refractivity contribution in [1.82, 2.24) is 0 Å². The van der Waals surface area contributed by atoms with Crippen LogP contribution < -0.4 is 9.86 Å². The monoisotopic (exact) mass is 404 g/mol. The molecule has 0 bridgehead atoms. The summed E-state index contributed by atoms with van der Waals surface area (Å²) in [4.78, 5) is 0.0960. The molecule has 0 aliphatic carbocycles. The van der Waals surface area contributed by atoms with E-state index in [0.29, 0.717) is 10.0 Å². The number of benzene rings is 2. The lowest BCUT2D eigenvalue weighted by Gasteiger charge is -2.09. The van der Waals surface area contributed by atoms with Gasteiger partial charge in [-0.3, -0.25) is 4.72 Å². The summed E-state index contributed by atoms with van der Waals surface area (Å²) in [5, 5.41) is 4.98. The van der Waals surface area contributed by atoms with Crippen LogP contribution in [0.15, 0.2) is 57.9 Å². The minimum absolute atomic E-state index is 0.0960. The number of hydrogen-bond acceptors (Lipinski definition) is 4. The van der Waals surface area contributed by atoms with Gasteiger partial charge in [0.15, 0.2) is 0 Å². The van der Waals surface area contributed by atoms with Crippen LogP contribution in [0.5, 0.6) is 0 Å². The van der Waals surface area contributed by atoms with Gasteiger partial charge in [0, 0.05) is 10.2 Å². The molecule has 0 radical (unpaired) electrons. The van der Waals surface area contributed by atoms with Crippen molar-refractivity contribution in [2.45, 2.75) is 10.6 Å². The second-order valence-electron chi connectivity index (χ2n) is 4.57. The van der Waals surface area contributed by atoms with E-state index in [1.54, 1.807) is 24.3 Å². The minimum Gasteiger partial charge on any atom is -0.280 e. The van der Waals surface area contributed by atoms with E-state index in [1.165, 1.54) is 24.3 Å². The summed E-state index contributed by atoms with van der Waals surface area (Å²) in [6.45, 7) is 0. The lowest BCUT2D eigenvalue weighted by molar-refractivity contribution is 0.596. The molecule has 3 N–H and O–H groups in total. The van der Waals surface area contributed by atoms with Crippen molar-refractivity contribution >= 4 is 41.7 Å². The van der Waals surface area contributed by atoms with Crippen LogP contribution >= 0.6 is 15.9 Å². The normalized spacial score (nSPS) is 12.1. The third kappa shape index (κ3) is 4.80. The van der Waals surface area contributed by atoms with Gasteiger partial charge in [0.2, 0.25) is 10.0 Å². The maximum atomic E-state index is 12.3. The first kappa shape index (κ1) is 16.9. The highest BCUT2D eigenvalue weighted by molar-refractivity contribution is 9.10. The Morgan fingerprint density at radius 3 is 2.32 bits per heavy atom. The highest BCUT2D eigenvalue weighted by Gasteiger charge is 2.15. The van der Waals surface area contributed by atoms with Gasteiger partial charge in [-0.2, -0.15) is 0 Å². The molecule has 22 heavy (non-hydrogen) atoms. The Morgan fingerprint density at radius 1 is 1.00 bits per heavy atom. The molecular weight excluding hydrogens is 392 g/mol. The zero-order valence-electron chi connectivity index (χ0n) is 11.2. The third-order valence-corrected chi connectivity index (χ3v) is 5.26. The quantitative estimate of drug-likeness (QED) is 0.794. The summed E-state index contributed by atoms with van der Waals surface area (Å²) in [6, 6.07) is 12.3. The largest absolute Gasteiger partial charge is 0.280 e. The molecular formula is C13H13BrN2O4S2. The first-order valence-electron chi connectivity index (χ1n) is 6.03. The molecule has 0 fully saturated rings. The molecule has 0 unspecified atom stereocenters. The Balaban J connectivity index is 2.29. The van der Waals surface area contributed by atoms with Gasteiger partial charge in [0.1, 0.15) is 0 Å². The van der Waals surface area contributed by atoms with E-state index in [1.807, 2.05) is 0 Å². The van der Waals surface area contributed by atoms with E-state index in [-0.39, 0.29) is 16.3 Å². The molecule has 2 aromatic carbocycles. The summed E-state index contributed by atoms with van der Waals surface area (Å²) < 4.78 is 49.8. The maximum absolute atomic E-state index is 12.3. The van der Waals surface area contributed by atoms with Gasteiger partial charge in [-0.25, -0.2) is 22.0 Å². The maximum Gasteiger partial charge on any atom is 0.261 e. The van der Waals surface area contributed by atoms with Gasteiger partial charge >= 0.3 is 0 Å². The summed E-state index contributed by atoms with van der Waals surface area (Å²) in [6.07, 6.45) is 0. The molecule has 0 heterocycles. The lowest BCUT2D eigenvalue weighted by atomic mass is 10.2. The molecule has 0 amide bonds. The van der Waals surface area contributed by atoms with Gasteiger partial charge in [0.05, 0.1) is 10.6 Å². The van der Waals surface area contributed by atoms with Crippen molar-refractivity contribution < 1.29 is 16.8 Å². The fourth-order valence-corrected chi connectivity index (χ4v) is 4.10. The zero-order valence-corrected chi connectivity index (χ0v) is 14.4. The SMILES string of the molecule is NS(=O)(=O)Cc1cccc(NS(=O)(=O)c2cccc(Br)c2)c1. The lowest BCUT2D eigenvalue weighted by Crippen LogP contribution is -2.15. The summed E-state index contributed by atoms with van der Waals surface area (Å²) in [7, 11) is -7.44. The zero-order chi connectivity index (χ0) is 16.4. The molecule has 0 saturated heterocycles. The van der Waals surface area contributed by atoms with E-state index in [9.17, 15) is 16.8 Å². The molecule has 0 atom stereocenters. The predicted octanol–water partition coefficient (Wildman–Crippen LogP) is 2.04. The minimum atomic E-state index is -3.76. The van der Waals surface area contributed by atoms with Crippen molar-refractivity contribution in [2.75, 3.05) is 4.72 Å². The predicted molar refractivity (Wildman–Crippen MR) is 88.2 cm³/mol. The third-order valence-electron chi connectivity index (χ3n) is 2.65. The highest BCUT2D eigenvalue weighted by atomic mass is 79.9. The smallest absolute Gasteiger partial charge is 0.261 e. The molecule has 0 aromatic heterocycles. The molecule has 0 saturated carbocycles. The summed E-state index contributed by atoms with van der Waals surface area (Å²) in [5.41, 5.74) is 0.665. The molecule has 2 aromatic rings. The first-order chi connectivity index (χ1) is 10.2. The van der Waals surface area contributed by atoms with Crippen molar-refractivity contribution in [1.29, 1.82) is 0 Å². The number of rotatable bonds is 5. The molecule has 2 rings (SSSR count). The second kappa shape index (κ2) is 6.37. The van der Waals surface area contributed by atoms with Gasteiger partial charge < -0.3 is 0 Å². The number of halogens is 1. The number of anilines is 1. The van der Waals surface area contributed by atoms with Crippen molar-refractivity contribution in [3.63, 3.8) is 0 Å². The van der Waals surface area contributed by atoms with Gasteiger partial charge in [0.25, 0.3) is 10.0 Å². The number of primary sulfonamides is 1. The van der Waals surface area contributed by atoms with Gasteiger partial charge in [-0.05, 0) is 35.9 Å². The fraction of sp³-hybridized carbons (Fsp3) is 0.0769. The standard InChI is InChI=1S/C13H13BrN2O4S2/c14-11-4-2-6-13(8-11)22(19,20)16-12-5-1-3-10(7-12)9-21(15,17)18/h1-8,16H,9H2,(H2,15,17,18). The Kier molecular flexibility index (Phi) is 4.90. The van der Waals surface area contributed by atoms with Crippen LogP contribution in [-0.2, 0) is 25.8 Å². The van der Waals surface area contributed by atoms with Gasteiger partial charge in [-0.1, -0.05) is 34.1 Å². The Hall–Kier alpha value is -1.42. The Morgan fingerprint density at radius 2 is 1.68 bits per heavy atom. The molecule has 0 aliphatic heterocycles. The van der Waals surface area contributed by atoms with Gasteiger partial charge in [-0.15, -0.1) is 0 Å². The van der Waals surface area contributed by atoms with E-state index in [2.05, 4.69) is 20.7 Å². The molecule has 6 nitrogen and oxygen atoms in total. The van der Waals surface area contributed by atoms with Crippen LogP contribution in [0.3, 0.4) is 0 Å². The number of nitrogens with one attached hydrogen (secondary N) is 1. The van der Waals surface area contributed by atoms with E-state index in [0.717, 1.165) is 0 Å². The van der Waals surface area contributed by atoms with Crippen molar-refractivity contribution in [3.05, 3.63) is 58.6 Å². The van der Waals surface area contributed by atoms with E-state index < -0.39 is 20.0 Å². The number of nitrogens with two attached hydrogens (primary N) is 1. The second-order valence-corrected chi connectivity index (χ2v) is 8.78. The van der Waals surface area contributed by atoms with Crippen molar-refractivity contribution in [2.24, 2.45) is 5.14 Å².